The number of thiophene rings is 1. The highest BCUT2D eigenvalue weighted by atomic mass is 35.5. The van der Waals surface area contributed by atoms with E-state index < -0.39 is 6.04 Å². The van der Waals surface area contributed by atoms with Crippen LogP contribution in [-0.4, -0.2) is 129 Å². The third kappa shape index (κ3) is 11.3. The number of nitrogens with zero attached hydrogens (tertiary/aromatic N) is 4. The van der Waals surface area contributed by atoms with Crippen LogP contribution in [0.1, 0.15) is 88.9 Å². The second kappa shape index (κ2) is 24.8. The lowest BCUT2D eigenvalue weighted by Gasteiger charge is -2.55. The predicted octanol–water partition coefficient (Wildman–Crippen LogP) is 8.93. The highest BCUT2D eigenvalue weighted by Gasteiger charge is 2.48. The molecule has 72 heavy (non-hydrogen) atoms. The van der Waals surface area contributed by atoms with Crippen LogP contribution in [0.4, 0.5) is 17.1 Å². The summed E-state index contributed by atoms with van der Waals surface area (Å²) in [6.07, 6.45) is 7.72. The lowest BCUT2D eigenvalue weighted by molar-refractivity contribution is -0.122. The number of ether oxygens (including phenoxy) is 2. The van der Waals surface area contributed by atoms with E-state index >= 15 is 0 Å². The Balaban J connectivity index is 0.00000186. The van der Waals surface area contributed by atoms with Gasteiger partial charge in [0, 0.05) is 81.3 Å². The molecule has 0 spiro atoms. The molecular weight excluding hydrogens is 976 g/mol. The molecule has 1 aromatic heterocycles. The number of carbonyl (C=O) groups is 5. The Kier molecular flexibility index (Phi) is 18.7. The quantitative estimate of drug-likeness (QED) is 0.0329. The van der Waals surface area contributed by atoms with Crippen molar-refractivity contribution in [2.24, 2.45) is 10.9 Å². The number of likely N-dealkylation sites (N-methyl/N-ethyl adjacent to an activating group) is 1. The van der Waals surface area contributed by atoms with Gasteiger partial charge >= 0.3 is 0 Å². The van der Waals surface area contributed by atoms with Gasteiger partial charge in [0.25, 0.3) is 5.91 Å². The van der Waals surface area contributed by atoms with Crippen molar-refractivity contribution in [3.8, 4) is 21.9 Å². The monoisotopic (exact) mass is 1040 g/mol. The van der Waals surface area contributed by atoms with E-state index in [1.54, 1.807) is 11.9 Å². The van der Waals surface area contributed by atoms with Crippen molar-refractivity contribution in [2.45, 2.75) is 81.2 Å². The van der Waals surface area contributed by atoms with Gasteiger partial charge in [0.05, 0.1) is 10.6 Å². The average molecular weight is 1040 g/mol. The van der Waals surface area contributed by atoms with Crippen LogP contribution >= 0.6 is 34.9 Å². The van der Waals surface area contributed by atoms with Crippen LogP contribution in [0.15, 0.2) is 77.8 Å². The van der Waals surface area contributed by atoms with Crippen LogP contribution in [0.3, 0.4) is 0 Å². The van der Waals surface area contributed by atoms with Gasteiger partial charge in [-0.1, -0.05) is 59.9 Å². The summed E-state index contributed by atoms with van der Waals surface area (Å²) in [6, 6.07) is 23.8. The summed E-state index contributed by atoms with van der Waals surface area (Å²) in [5.74, 6) is 2.04. The Morgan fingerprint density at radius 3 is 2.50 bits per heavy atom. The molecule has 4 fully saturated rings. The Morgan fingerprint density at radius 1 is 1.01 bits per heavy atom. The van der Waals surface area contributed by atoms with Crippen molar-refractivity contribution in [1.29, 1.82) is 0 Å². The van der Waals surface area contributed by atoms with Gasteiger partial charge in [-0.3, -0.25) is 34.0 Å². The number of piperidine rings is 3. The number of aliphatic hydroxyl groups is 2. The summed E-state index contributed by atoms with van der Waals surface area (Å²) in [7, 11) is 3.55. The molecule has 5 aliphatic rings. The van der Waals surface area contributed by atoms with Crippen molar-refractivity contribution < 1.29 is 43.7 Å². The molecule has 5 aromatic rings. The van der Waals surface area contributed by atoms with Gasteiger partial charge in [-0.15, -0.1) is 11.3 Å². The Labute approximate surface area is 434 Å². The fourth-order valence-electron chi connectivity index (χ4n) is 10.6. The maximum Gasteiger partial charge on any atom is 0.259 e. The van der Waals surface area contributed by atoms with Gasteiger partial charge in [-0.25, -0.2) is 4.31 Å². The first-order valence-electron chi connectivity index (χ1n) is 24.1. The Hall–Kier alpha value is -5.66. The highest BCUT2D eigenvalue weighted by Crippen LogP contribution is 2.49. The topological polar surface area (TPSA) is 190 Å². The molecule has 4 atom stereocenters. The van der Waals surface area contributed by atoms with Gasteiger partial charge in [0.2, 0.25) is 5.91 Å². The van der Waals surface area contributed by atoms with E-state index in [1.165, 1.54) is 16.9 Å². The second-order valence-electron chi connectivity index (χ2n) is 18.3. The average Bonchev–Trinajstić information content (AvgIpc) is 3.90. The number of aliphatic hydroxyl groups excluding tert-OH is 2. The van der Waals surface area contributed by atoms with Crippen LogP contribution in [0.2, 0.25) is 5.02 Å². The maximum absolute atomic E-state index is 13.8. The fourth-order valence-corrected chi connectivity index (χ4v) is 13.3. The number of likely N-dealkylation sites (tertiary alicyclic amines) is 1. The molecule has 15 nitrogen and oxygen atoms in total. The van der Waals surface area contributed by atoms with Crippen molar-refractivity contribution in [3.63, 3.8) is 0 Å². The largest absolute Gasteiger partial charge is 0.483 e. The molecule has 10 rings (SSSR count). The number of amides is 2. The summed E-state index contributed by atoms with van der Waals surface area (Å²) in [4.78, 5) is 69.9. The third-order valence-electron chi connectivity index (χ3n) is 14.2. The smallest absolute Gasteiger partial charge is 0.259 e. The number of aliphatic imine (C=N–C) groups is 1. The SMILES string of the molecule is C=Nc1cc(CSN2CC3CCC2(C)CC3Nc2cccc(-c3sc(C=O)c(OCC=O)c3Cl)c2)ccc1OCN1CCC(c2ccc3c4c(cccc24)C(=O)N3C(CCC=O)C(=O)NC)CC1.CO.CO. The fraction of sp³-hybridized carbons (Fsp3) is 0.407. The molecule has 382 valence electrons. The molecule has 2 bridgehead atoms. The number of hydrogen-bond donors (Lipinski definition) is 4. The zero-order chi connectivity index (χ0) is 51.5. The van der Waals surface area contributed by atoms with Crippen molar-refractivity contribution in [3.05, 3.63) is 99.4 Å². The number of rotatable bonds is 20. The van der Waals surface area contributed by atoms with E-state index in [1.807, 2.05) is 48.3 Å². The van der Waals surface area contributed by atoms with E-state index in [2.05, 4.69) is 74.9 Å². The number of hydrogen-bond acceptors (Lipinski definition) is 15. The Morgan fingerprint density at radius 2 is 1.79 bits per heavy atom. The highest BCUT2D eigenvalue weighted by molar-refractivity contribution is 7.96. The van der Waals surface area contributed by atoms with Crippen LogP contribution in [0, 0.1) is 5.92 Å². The van der Waals surface area contributed by atoms with E-state index in [-0.39, 0.29) is 42.6 Å². The van der Waals surface area contributed by atoms with Crippen LogP contribution in [0.5, 0.6) is 11.5 Å². The molecule has 1 saturated carbocycles. The molecule has 5 heterocycles. The summed E-state index contributed by atoms with van der Waals surface area (Å²) in [5.41, 5.74) is 6.31. The summed E-state index contributed by atoms with van der Waals surface area (Å²) < 4.78 is 14.4. The molecule has 4 unspecified atom stereocenters. The first kappa shape index (κ1) is 54.1. The number of halogens is 1. The van der Waals surface area contributed by atoms with Crippen molar-refractivity contribution in [1.82, 2.24) is 14.5 Å². The van der Waals surface area contributed by atoms with E-state index in [4.69, 9.17) is 31.3 Å². The summed E-state index contributed by atoms with van der Waals surface area (Å²) >= 11 is 9.80. The minimum Gasteiger partial charge on any atom is -0.483 e. The normalized spacial score (nSPS) is 19.9. The minimum absolute atomic E-state index is 0.0235. The first-order valence-corrected chi connectivity index (χ1v) is 26.2. The van der Waals surface area contributed by atoms with E-state index in [9.17, 15) is 24.0 Å². The Bertz CT molecular complexity index is 2770. The number of carbonyl (C=O) groups excluding carboxylic acids is 5. The van der Waals surface area contributed by atoms with Gasteiger partial charge in [-0.2, -0.15) is 0 Å². The van der Waals surface area contributed by atoms with E-state index in [0.29, 0.717) is 58.4 Å². The predicted molar refractivity (Wildman–Crippen MR) is 288 cm³/mol. The lowest BCUT2D eigenvalue weighted by Crippen LogP contribution is -2.60. The third-order valence-corrected chi connectivity index (χ3v) is 17.2. The lowest BCUT2D eigenvalue weighted by atomic mass is 9.70. The minimum atomic E-state index is -0.766. The van der Waals surface area contributed by atoms with Crippen LogP contribution in [0.25, 0.3) is 21.2 Å². The van der Waals surface area contributed by atoms with Gasteiger partial charge in [-0.05, 0) is 122 Å². The van der Waals surface area contributed by atoms with Gasteiger partial charge in [0.1, 0.15) is 47.0 Å². The molecule has 3 saturated heterocycles. The number of fused-ring (bicyclic) bond motifs is 3. The molecule has 4 aliphatic heterocycles. The van der Waals surface area contributed by atoms with E-state index in [0.717, 1.165) is 122 Å². The standard InChI is InChI=1S/C52H55ClN6O7S2.2CH4O/c1-52-19-16-35(41(27-52)56-36-8-4-7-34(26-36)49-47(53)48(65-24-23-61)45(29-62)68-49)28-58(52)67-30-32-12-15-44(40(25-32)54-2)66-31-57-20-17-33(18-21-57)37-13-14-42-46-38(37)9-5-10-39(46)51(64)59(42)43(11-6-22-60)50(63)55-3;2*1-2/h4-5,7-10,12-15,22-23,25-26,29,33,35,41,43,56H,2,6,11,16-21,24,27-28,30-31H2,1,3H3,(H,55,63);2*2H,1H3. The number of anilines is 2. The van der Waals surface area contributed by atoms with Gasteiger partial charge < -0.3 is 35.1 Å². The first-order chi connectivity index (χ1) is 35.1. The maximum atomic E-state index is 13.8. The zero-order valence-electron chi connectivity index (χ0n) is 41.1. The second-order valence-corrected chi connectivity index (χ2v) is 20.7. The number of nitrogens with one attached hydrogen (secondary N) is 2. The molecule has 4 N–H and O–H groups in total. The summed E-state index contributed by atoms with van der Waals surface area (Å²) in [5, 5.41) is 22.8. The van der Waals surface area contributed by atoms with Crippen molar-refractivity contribution in [2.75, 3.05) is 64.5 Å². The summed E-state index contributed by atoms with van der Waals surface area (Å²) in [6.45, 7) is 9.19. The molecule has 0 radical (unpaired) electrons. The van der Waals surface area contributed by atoms with Crippen molar-refractivity contribution >= 4 is 100 Å². The molecule has 1 aliphatic carbocycles. The number of benzene rings is 4. The molecule has 4 aromatic carbocycles. The molecule has 2 amide bonds. The molecule has 18 heteroatoms. The zero-order valence-corrected chi connectivity index (χ0v) is 43.5. The van der Waals surface area contributed by atoms with Crippen LogP contribution in [-0.2, 0) is 20.1 Å². The molecular formula is C54H63ClN6O9S2. The number of aldehydes is 3. The van der Waals surface area contributed by atoms with Crippen LogP contribution < -0.4 is 25.0 Å². The van der Waals surface area contributed by atoms with Gasteiger partial charge in [0.15, 0.2) is 18.3 Å².